The van der Waals surface area contributed by atoms with Crippen molar-refractivity contribution in [3.8, 4) is 17.1 Å². The minimum Gasteiger partial charge on any atom is -0.507 e. The van der Waals surface area contributed by atoms with Crippen LogP contribution in [0.25, 0.3) is 23.1 Å². The molecular formula is C28H18BrNO5. The summed E-state index contributed by atoms with van der Waals surface area (Å²) in [7, 11) is 0. The smallest absolute Gasteiger partial charge is 0.339 e. The zero-order valence-corrected chi connectivity index (χ0v) is 19.8. The number of carboxylic acids is 1. The lowest BCUT2D eigenvalue weighted by Crippen LogP contribution is -2.25. The summed E-state index contributed by atoms with van der Waals surface area (Å²) in [5.41, 5.74) is 2.81. The number of benzene rings is 3. The Labute approximate surface area is 209 Å². The van der Waals surface area contributed by atoms with Crippen LogP contribution in [0.3, 0.4) is 0 Å². The lowest BCUT2D eigenvalue weighted by Gasteiger charge is -2.21. The molecule has 2 N–H and O–H groups in total. The van der Waals surface area contributed by atoms with E-state index in [1.807, 2.05) is 60.7 Å². The minimum absolute atomic E-state index is 0.238. The Kier molecular flexibility index (Phi) is 5.84. The third-order valence-electron chi connectivity index (χ3n) is 5.58. The number of hydrogen-bond donors (Lipinski definition) is 2. The van der Waals surface area contributed by atoms with Crippen LogP contribution in [0.1, 0.15) is 21.7 Å². The third kappa shape index (κ3) is 4.41. The Morgan fingerprint density at radius 1 is 0.914 bits per heavy atom. The molecule has 0 aliphatic carbocycles. The standard InChI is InChI=1S/C28H18BrNO5/c29-20-8-6-18(7-9-20)26-13-11-22(35-26)14-19-15-24(17-4-2-1-3-5-17)30(27(19)32)21-10-12-23(28(33)34)25(31)16-21/h1-16,31H,(H,33,34)/b19-14+. The van der Waals surface area contributed by atoms with Gasteiger partial charge in [-0.2, -0.15) is 0 Å². The van der Waals surface area contributed by atoms with E-state index in [0.29, 0.717) is 28.5 Å². The van der Waals surface area contributed by atoms with Gasteiger partial charge in [-0.25, -0.2) is 4.79 Å². The van der Waals surface area contributed by atoms with E-state index in [1.165, 1.54) is 23.1 Å². The molecule has 1 aromatic heterocycles. The molecule has 2 heterocycles. The summed E-state index contributed by atoms with van der Waals surface area (Å²) >= 11 is 3.42. The lowest BCUT2D eigenvalue weighted by molar-refractivity contribution is -0.113. The van der Waals surface area contributed by atoms with Gasteiger partial charge in [0, 0.05) is 21.7 Å². The van der Waals surface area contributed by atoms with E-state index in [-0.39, 0.29) is 11.5 Å². The Morgan fingerprint density at radius 2 is 1.66 bits per heavy atom. The Hall–Kier alpha value is -4.36. The van der Waals surface area contributed by atoms with Crippen molar-refractivity contribution >= 4 is 45.3 Å². The van der Waals surface area contributed by atoms with Crippen molar-refractivity contribution in [1.82, 2.24) is 0 Å². The number of amides is 1. The molecule has 3 aromatic carbocycles. The predicted octanol–water partition coefficient (Wildman–Crippen LogP) is 6.58. The molecule has 5 rings (SSSR count). The summed E-state index contributed by atoms with van der Waals surface area (Å²) in [6, 6.07) is 24.8. The molecule has 0 unspecified atom stereocenters. The van der Waals surface area contributed by atoms with Gasteiger partial charge in [0.15, 0.2) is 0 Å². The molecule has 0 fully saturated rings. The fourth-order valence-electron chi connectivity index (χ4n) is 3.89. The molecule has 1 aliphatic rings. The number of rotatable bonds is 5. The lowest BCUT2D eigenvalue weighted by atomic mass is 10.1. The highest BCUT2D eigenvalue weighted by Crippen LogP contribution is 2.37. The molecule has 0 saturated heterocycles. The van der Waals surface area contributed by atoms with E-state index in [4.69, 9.17) is 4.42 Å². The van der Waals surface area contributed by atoms with Gasteiger partial charge >= 0.3 is 5.97 Å². The number of nitrogens with zero attached hydrogens (tertiary/aromatic N) is 1. The molecule has 35 heavy (non-hydrogen) atoms. The molecule has 1 aliphatic heterocycles. The minimum atomic E-state index is -1.25. The van der Waals surface area contributed by atoms with E-state index < -0.39 is 11.7 Å². The van der Waals surface area contributed by atoms with Crippen LogP contribution >= 0.6 is 15.9 Å². The first-order valence-electron chi connectivity index (χ1n) is 10.7. The van der Waals surface area contributed by atoms with Crippen LogP contribution in [0.2, 0.25) is 0 Å². The zero-order chi connectivity index (χ0) is 24.5. The second kappa shape index (κ2) is 9.12. The SMILES string of the molecule is O=C(O)c1ccc(N2C(=O)/C(=C/c3ccc(-c4ccc(Br)cc4)o3)C=C2c2ccccc2)cc1O. The van der Waals surface area contributed by atoms with E-state index in [2.05, 4.69) is 15.9 Å². The van der Waals surface area contributed by atoms with E-state index in [0.717, 1.165) is 15.6 Å². The average molecular weight is 528 g/mol. The van der Waals surface area contributed by atoms with Gasteiger partial charge in [0.25, 0.3) is 5.91 Å². The summed E-state index contributed by atoms with van der Waals surface area (Å²) in [6.45, 7) is 0. The second-order valence-electron chi connectivity index (χ2n) is 7.85. The number of carbonyl (C=O) groups excluding carboxylic acids is 1. The Balaban J connectivity index is 1.54. The highest BCUT2D eigenvalue weighted by molar-refractivity contribution is 9.10. The Morgan fingerprint density at radius 3 is 2.34 bits per heavy atom. The number of halogens is 1. The summed E-state index contributed by atoms with van der Waals surface area (Å²) in [5, 5.41) is 19.5. The average Bonchev–Trinajstić information content (AvgIpc) is 3.45. The molecule has 0 radical (unpaired) electrons. The van der Waals surface area contributed by atoms with E-state index in [1.54, 1.807) is 18.2 Å². The summed E-state index contributed by atoms with van der Waals surface area (Å²) in [6.07, 6.45) is 3.42. The molecule has 0 bridgehead atoms. The van der Waals surface area contributed by atoms with Crippen molar-refractivity contribution in [3.63, 3.8) is 0 Å². The molecule has 172 valence electrons. The van der Waals surface area contributed by atoms with Gasteiger partial charge in [0.1, 0.15) is 22.8 Å². The number of carboxylic acid groups (broad SMARTS) is 1. The largest absolute Gasteiger partial charge is 0.507 e. The first kappa shape index (κ1) is 22.4. The molecule has 0 atom stereocenters. The van der Waals surface area contributed by atoms with Gasteiger partial charge in [-0.05, 0) is 54.1 Å². The monoisotopic (exact) mass is 527 g/mol. The van der Waals surface area contributed by atoms with Gasteiger partial charge in [-0.3, -0.25) is 9.69 Å². The number of furan rings is 1. The fraction of sp³-hybridized carbons (Fsp3) is 0. The van der Waals surface area contributed by atoms with Crippen molar-refractivity contribution in [2.45, 2.75) is 0 Å². The molecule has 7 heteroatoms. The molecular weight excluding hydrogens is 510 g/mol. The van der Waals surface area contributed by atoms with Crippen LogP contribution in [0.15, 0.2) is 105 Å². The summed E-state index contributed by atoms with van der Waals surface area (Å²) in [5.74, 6) is -0.805. The normalized spacial score (nSPS) is 14.4. The van der Waals surface area contributed by atoms with Gasteiger partial charge in [-0.15, -0.1) is 0 Å². The Bertz CT molecular complexity index is 1500. The van der Waals surface area contributed by atoms with Gasteiger partial charge < -0.3 is 14.6 Å². The maximum atomic E-state index is 13.5. The van der Waals surface area contributed by atoms with Crippen LogP contribution < -0.4 is 4.90 Å². The van der Waals surface area contributed by atoms with Gasteiger partial charge in [0.2, 0.25) is 0 Å². The quantitative estimate of drug-likeness (QED) is 0.286. The van der Waals surface area contributed by atoms with Crippen LogP contribution in [0, 0.1) is 0 Å². The van der Waals surface area contributed by atoms with Gasteiger partial charge in [0.05, 0.1) is 11.4 Å². The number of carbonyl (C=O) groups is 2. The topological polar surface area (TPSA) is 91.0 Å². The van der Waals surface area contributed by atoms with E-state index in [9.17, 15) is 19.8 Å². The van der Waals surface area contributed by atoms with Crippen molar-refractivity contribution in [2.24, 2.45) is 0 Å². The van der Waals surface area contributed by atoms with Crippen molar-refractivity contribution in [2.75, 3.05) is 4.90 Å². The number of anilines is 1. The van der Waals surface area contributed by atoms with Crippen molar-refractivity contribution in [1.29, 1.82) is 0 Å². The highest BCUT2D eigenvalue weighted by atomic mass is 79.9. The van der Waals surface area contributed by atoms with Crippen LogP contribution in [0.4, 0.5) is 5.69 Å². The first-order valence-corrected chi connectivity index (χ1v) is 11.5. The molecule has 0 saturated carbocycles. The third-order valence-corrected chi connectivity index (χ3v) is 6.10. The predicted molar refractivity (Wildman–Crippen MR) is 137 cm³/mol. The first-order chi connectivity index (χ1) is 16.9. The number of aromatic hydroxyl groups is 1. The summed E-state index contributed by atoms with van der Waals surface area (Å²) in [4.78, 5) is 26.3. The van der Waals surface area contributed by atoms with Crippen molar-refractivity contribution < 1.29 is 24.2 Å². The molecule has 4 aromatic rings. The highest BCUT2D eigenvalue weighted by Gasteiger charge is 2.31. The number of phenols is 1. The molecule has 6 nitrogen and oxygen atoms in total. The fourth-order valence-corrected chi connectivity index (χ4v) is 4.15. The maximum Gasteiger partial charge on any atom is 0.339 e. The van der Waals surface area contributed by atoms with E-state index >= 15 is 0 Å². The number of aromatic carboxylic acids is 1. The molecule has 0 spiro atoms. The van der Waals surface area contributed by atoms with Gasteiger partial charge in [-0.1, -0.05) is 58.4 Å². The summed E-state index contributed by atoms with van der Waals surface area (Å²) < 4.78 is 6.93. The maximum absolute atomic E-state index is 13.5. The zero-order valence-electron chi connectivity index (χ0n) is 18.2. The number of hydrogen-bond acceptors (Lipinski definition) is 4. The second-order valence-corrected chi connectivity index (χ2v) is 8.77. The van der Waals surface area contributed by atoms with Crippen molar-refractivity contribution in [3.05, 3.63) is 118 Å². The molecule has 1 amide bonds. The van der Waals surface area contributed by atoms with Crippen LogP contribution in [-0.4, -0.2) is 22.1 Å². The van der Waals surface area contributed by atoms with Crippen LogP contribution in [-0.2, 0) is 4.79 Å². The van der Waals surface area contributed by atoms with Crippen LogP contribution in [0.5, 0.6) is 5.75 Å².